The molecule has 10 heteroatoms. The van der Waals surface area contributed by atoms with E-state index >= 15 is 0 Å². The summed E-state index contributed by atoms with van der Waals surface area (Å²) >= 11 is 0. The first-order valence-electron chi connectivity index (χ1n) is 10.0. The number of aryl methyl sites for hydroxylation is 1. The standard InChI is InChI=1S/C21H23N3O6S/c1-31(28,29)17-5-7-19-15(13-17)3-2-8-23(19)21(25)18-14-16(24(26)27)4-6-20(18)22-9-11-30-12-10-22/h4-7,13-14H,2-3,8-12H2,1H3. The van der Waals surface area contributed by atoms with Crippen LogP contribution in [0.3, 0.4) is 0 Å². The van der Waals surface area contributed by atoms with E-state index in [9.17, 15) is 23.3 Å². The summed E-state index contributed by atoms with van der Waals surface area (Å²) in [5.74, 6) is -0.335. The minimum absolute atomic E-state index is 0.148. The van der Waals surface area contributed by atoms with Gasteiger partial charge >= 0.3 is 0 Å². The highest BCUT2D eigenvalue weighted by molar-refractivity contribution is 7.90. The van der Waals surface area contributed by atoms with Gasteiger partial charge in [0.15, 0.2) is 9.84 Å². The number of hydrogen-bond acceptors (Lipinski definition) is 7. The average molecular weight is 445 g/mol. The zero-order valence-electron chi connectivity index (χ0n) is 17.1. The van der Waals surface area contributed by atoms with Crippen LogP contribution in [0.25, 0.3) is 0 Å². The van der Waals surface area contributed by atoms with Crippen molar-refractivity contribution in [2.45, 2.75) is 17.7 Å². The van der Waals surface area contributed by atoms with Gasteiger partial charge in [0.25, 0.3) is 11.6 Å². The van der Waals surface area contributed by atoms with Crippen LogP contribution in [0.1, 0.15) is 22.3 Å². The quantitative estimate of drug-likeness (QED) is 0.525. The van der Waals surface area contributed by atoms with Crippen molar-refractivity contribution in [3.05, 3.63) is 57.6 Å². The van der Waals surface area contributed by atoms with Crippen molar-refractivity contribution in [1.29, 1.82) is 0 Å². The van der Waals surface area contributed by atoms with E-state index < -0.39 is 14.8 Å². The van der Waals surface area contributed by atoms with Crippen molar-refractivity contribution in [3.8, 4) is 0 Å². The summed E-state index contributed by atoms with van der Waals surface area (Å²) in [6.45, 7) is 2.67. The average Bonchev–Trinajstić information content (AvgIpc) is 2.77. The third kappa shape index (κ3) is 4.26. The first-order chi connectivity index (χ1) is 14.8. The third-order valence-electron chi connectivity index (χ3n) is 5.62. The second-order valence-corrected chi connectivity index (χ2v) is 9.70. The lowest BCUT2D eigenvalue weighted by atomic mass is 10.00. The molecule has 1 amide bonds. The molecule has 9 nitrogen and oxygen atoms in total. The molecule has 0 aliphatic carbocycles. The maximum absolute atomic E-state index is 13.6. The monoisotopic (exact) mass is 445 g/mol. The molecule has 0 spiro atoms. The van der Waals surface area contributed by atoms with Crippen molar-refractivity contribution in [1.82, 2.24) is 0 Å². The minimum Gasteiger partial charge on any atom is -0.378 e. The maximum Gasteiger partial charge on any atom is 0.270 e. The van der Waals surface area contributed by atoms with E-state index in [1.807, 2.05) is 4.90 Å². The van der Waals surface area contributed by atoms with Gasteiger partial charge in [-0.25, -0.2) is 8.42 Å². The smallest absolute Gasteiger partial charge is 0.270 e. The van der Waals surface area contributed by atoms with Gasteiger partial charge in [0.2, 0.25) is 0 Å². The minimum atomic E-state index is -3.36. The maximum atomic E-state index is 13.6. The highest BCUT2D eigenvalue weighted by atomic mass is 32.2. The lowest BCUT2D eigenvalue weighted by Crippen LogP contribution is -2.40. The van der Waals surface area contributed by atoms with Crippen LogP contribution in [-0.4, -0.2) is 58.4 Å². The van der Waals surface area contributed by atoms with Crippen LogP contribution < -0.4 is 9.80 Å². The van der Waals surface area contributed by atoms with Gasteiger partial charge in [0.1, 0.15) is 0 Å². The van der Waals surface area contributed by atoms with E-state index in [-0.39, 0.29) is 22.1 Å². The Morgan fingerprint density at radius 2 is 1.77 bits per heavy atom. The number of sulfone groups is 1. The molecule has 0 N–H and O–H groups in total. The normalized spacial score (nSPS) is 16.7. The first kappa shape index (κ1) is 21.3. The summed E-state index contributed by atoms with van der Waals surface area (Å²) in [4.78, 5) is 28.3. The number of anilines is 2. The number of rotatable bonds is 4. The molecule has 4 rings (SSSR count). The highest BCUT2D eigenvalue weighted by Gasteiger charge is 2.29. The number of ether oxygens (including phenoxy) is 1. The van der Waals surface area contributed by atoms with Gasteiger partial charge in [0, 0.05) is 43.7 Å². The number of fused-ring (bicyclic) bond motifs is 1. The Kier molecular flexibility index (Phi) is 5.67. The molecule has 0 bridgehead atoms. The highest BCUT2D eigenvalue weighted by Crippen LogP contribution is 2.34. The zero-order valence-corrected chi connectivity index (χ0v) is 17.9. The van der Waals surface area contributed by atoms with Crippen molar-refractivity contribution in [2.75, 3.05) is 48.9 Å². The van der Waals surface area contributed by atoms with Gasteiger partial charge in [-0.05, 0) is 42.7 Å². The Morgan fingerprint density at radius 3 is 2.45 bits per heavy atom. The number of carbonyl (C=O) groups is 1. The first-order valence-corrected chi connectivity index (χ1v) is 11.9. The van der Waals surface area contributed by atoms with Gasteiger partial charge in [-0.15, -0.1) is 0 Å². The second kappa shape index (κ2) is 8.27. The Balaban J connectivity index is 1.76. The third-order valence-corrected chi connectivity index (χ3v) is 6.73. The summed E-state index contributed by atoms with van der Waals surface area (Å²) in [5, 5.41) is 11.4. The van der Waals surface area contributed by atoms with Crippen molar-refractivity contribution in [3.63, 3.8) is 0 Å². The van der Waals surface area contributed by atoms with Crippen LogP contribution in [0.15, 0.2) is 41.3 Å². The molecular formula is C21H23N3O6S. The van der Waals surface area contributed by atoms with E-state index in [0.717, 1.165) is 11.8 Å². The molecule has 0 aromatic heterocycles. The largest absolute Gasteiger partial charge is 0.378 e. The summed E-state index contributed by atoms with van der Waals surface area (Å²) in [6, 6.07) is 9.11. The fourth-order valence-corrected chi connectivity index (χ4v) is 4.72. The number of non-ortho nitro benzene ring substituents is 1. The molecule has 0 atom stereocenters. The number of carbonyl (C=O) groups excluding carboxylic acids is 1. The topological polar surface area (TPSA) is 110 Å². The molecule has 0 saturated carbocycles. The molecule has 1 fully saturated rings. The van der Waals surface area contributed by atoms with Crippen molar-refractivity contribution < 1.29 is 22.9 Å². The molecule has 2 heterocycles. The fourth-order valence-electron chi connectivity index (χ4n) is 4.05. The van der Waals surface area contributed by atoms with E-state index in [2.05, 4.69) is 0 Å². The van der Waals surface area contributed by atoms with Gasteiger partial charge in [-0.2, -0.15) is 0 Å². The van der Waals surface area contributed by atoms with Crippen molar-refractivity contribution in [2.24, 2.45) is 0 Å². The van der Waals surface area contributed by atoms with Crippen LogP contribution in [0.2, 0.25) is 0 Å². The van der Waals surface area contributed by atoms with E-state index in [0.29, 0.717) is 57.1 Å². The van der Waals surface area contributed by atoms with Crippen molar-refractivity contribution >= 4 is 32.8 Å². The van der Waals surface area contributed by atoms with Crippen LogP contribution in [0, 0.1) is 10.1 Å². The predicted octanol–water partition coefficient (Wildman–Crippen LogP) is 2.43. The predicted molar refractivity (Wildman–Crippen MR) is 116 cm³/mol. The number of nitrogens with zero attached hydrogens (tertiary/aromatic N) is 3. The zero-order chi connectivity index (χ0) is 22.2. The van der Waals surface area contributed by atoms with E-state index in [1.165, 1.54) is 18.2 Å². The molecule has 0 radical (unpaired) electrons. The van der Waals surface area contributed by atoms with Gasteiger partial charge in [0.05, 0.1) is 34.3 Å². The lowest BCUT2D eigenvalue weighted by molar-refractivity contribution is -0.384. The van der Waals surface area contributed by atoms with E-state index in [4.69, 9.17) is 4.74 Å². The molecule has 31 heavy (non-hydrogen) atoms. The number of amides is 1. The van der Waals surface area contributed by atoms with Crippen LogP contribution in [0.4, 0.5) is 17.1 Å². The summed E-state index contributed by atoms with van der Waals surface area (Å²) < 4.78 is 29.2. The molecule has 2 aromatic rings. The molecule has 164 valence electrons. The lowest BCUT2D eigenvalue weighted by Gasteiger charge is -2.33. The Bertz CT molecular complexity index is 1140. The Hall–Kier alpha value is -2.98. The van der Waals surface area contributed by atoms with Crippen LogP contribution >= 0.6 is 0 Å². The number of hydrogen-bond donors (Lipinski definition) is 0. The molecule has 2 aliphatic rings. The molecule has 0 unspecified atom stereocenters. The fraction of sp³-hybridized carbons (Fsp3) is 0.381. The van der Waals surface area contributed by atoms with Crippen LogP contribution in [0.5, 0.6) is 0 Å². The summed E-state index contributed by atoms with van der Waals surface area (Å²) in [5.41, 5.74) is 2.17. The Morgan fingerprint density at radius 1 is 1.06 bits per heavy atom. The number of nitro groups is 1. The number of morpholine rings is 1. The molecule has 2 aromatic carbocycles. The van der Waals surface area contributed by atoms with E-state index in [1.54, 1.807) is 23.1 Å². The molecule has 1 saturated heterocycles. The SMILES string of the molecule is CS(=O)(=O)c1ccc2c(c1)CCCN2C(=O)c1cc([N+](=O)[O-])ccc1N1CCOCC1. The summed E-state index contributed by atoms with van der Waals surface area (Å²) in [6.07, 6.45) is 2.49. The second-order valence-electron chi connectivity index (χ2n) is 7.68. The molecule has 2 aliphatic heterocycles. The van der Waals surface area contributed by atoms with Crippen LogP contribution in [-0.2, 0) is 21.0 Å². The van der Waals surface area contributed by atoms with Gasteiger partial charge < -0.3 is 14.5 Å². The molecular weight excluding hydrogens is 422 g/mol. The number of benzene rings is 2. The summed E-state index contributed by atoms with van der Waals surface area (Å²) in [7, 11) is -3.36. The number of nitro benzene ring substituents is 1. The van der Waals surface area contributed by atoms with Gasteiger partial charge in [-0.3, -0.25) is 14.9 Å². The Labute approximate surface area is 180 Å². The van der Waals surface area contributed by atoms with Gasteiger partial charge in [-0.1, -0.05) is 0 Å².